The Bertz CT molecular complexity index is 1160. The van der Waals surface area contributed by atoms with Crippen molar-refractivity contribution in [3.05, 3.63) is 101 Å². The van der Waals surface area contributed by atoms with E-state index in [2.05, 4.69) is 104 Å². The fraction of sp³-hybridized carbons (Fsp3) is 0.625. The van der Waals surface area contributed by atoms with Crippen molar-refractivity contribution in [2.24, 2.45) is 0 Å². The van der Waals surface area contributed by atoms with Crippen LogP contribution < -0.4 is 0 Å². The van der Waals surface area contributed by atoms with Gasteiger partial charge in [0.15, 0.2) is 0 Å². The van der Waals surface area contributed by atoms with E-state index in [1.165, 1.54) is 136 Å². The molecule has 2 aromatic rings. The standard InChI is InChI=1S/C30H40N2.2C9H19.Ni/c1-5-8-11-13-25-17-21-27(22-18-25)30-28(14-10-7-3)23(4)29(32(30)31)26-19-15-24(16-20-26)12-9-6-2;2*1-3-5-7-9-8-6-4-2;/h15-22H,5-14H2,1-4H3;2*1,3-9H2,2H3;/q;2*-1;+2. The van der Waals surface area contributed by atoms with Crippen molar-refractivity contribution in [1.29, 1.82) is 0 Å². The zero-order valence-corrected chi connectivity index (χ0v) is 35.2. The van der Waals surface area contributed by atoms with Gasteiger partial charge >= 0.3 is 16.5 Å². The molecule has 0 radical (unpaired) electrons. The van der Waals surface area contributed by atoms with Gasteiger partial charge in [0.1, 0.15) is 0 Å². The van der Waals surface area contributed by atoms with Gasteiger partial charge in [-0.2, -0.15) is 12.8 Å². The summed E-state index contributed by atoms with van der Waals surface area (Å²) in [5.41, 5.74) is 20.7. The van der Waals surface area contributed by atoms with Gasteiger partial charge < -0.3 is 19.4 Å². The molecule has 1 aliphatic heterocycles. The molecule has 1 aliphatic rings. The number of nitrogens with zero attached hydrogens (tertiary/aromatic N) is 2. The van der Waals surface area contributed by atoms with Crippen molar-refractivity contribution in [3.63, 3.8) is 0 Å². The Balaban J connectivity index is 0.00000109. The number of aryl methyl sites for hydroxylation is 2. The summed E-state index contributed by atoms with van der Waals surface area (Å²) in [5, 5.41) is 0. The average Bonchev–Trinajstić information content (AvgIpc) is 3.39. The Labute approximate surface area is 328 Å². The van der Waals surface area contributed by atoms with E-state index in [0.717, 1.165) is 67.5 Å². The Morgan fingerprint density at radius 3 is 1.24 bits per heavy atom. The smallest absolute Gasteiger partial charge is 0.493 e. The molecule has 0 atom stereocenters. The Morgan fingerprint density at radius 2 is 0.804 bits per heavy atom. The number of rotatable bonds is 24. The monoisotopic (exact) mass is 741 g/mol. The largest absolute Gasteiger partial charge is 2.00 e. The van der Waals surface area contributed by atoms with Gasteiger partial charge in [0, 0.05) is 22.3 Å². The van der Waals surface area contributed by atoms with Gasteiger partial charge in [0.2, 0.25) is 11.4 Å². The van der Waals surface area contributed by atoms with E-state index in [4.69, 9.17) is 0 Å². The molecule has 2 aromatic carbocycles. The van der Waals surface area contributed by atoms with E-state index in [1.54, 1.807) is 0 Å². The van der Waals surface area contributed by atoms with Gasteiger partial charge in [-0.1, -0.05) is 162 Å². The second-order valence-electron chi connectivity index (χ2n) is 14.4. The number of allylic oxidation sites excluding steroid dienone is 2. The third-order valence-corrected chi connectivity index (χ3v) is 9.85. The molecular formula is C48H78N2Ni. The van der Waals surface area contributed by atoms with Crippen LogP contribution in [0.25, 0.3) is 16.9 Å². The molecule has 2 nitrogen and oxygen atoms in total. The molecule has 0 saturated heterocycles. The van der Waals surface area contributed by atoms with Gasteiger partial charge in [-0.15, -0.1) is 0 Å². The normalized spacial score (nSPS) is 12.4. The third kappa shape index (κ3) is 20.2. The summed E-state index contributed by atoms with van der Waals surface area (Å²) in [6.07, 6.45) is 30.6. The summed E-state index contributed by atoms with van der Waals surface area (Å²) in [6.45, 7) is 21.0. The predicted molar refractivity (Wildman–Crippen MR) is 224 cm³/mol. The minimum absolute atomic E-state index is 0. The molecule has 0 N–H and O–H groups in total. The molecule has 51 heavy (non-hydrogen) atoms. The maximum absolute atomic E-state index is 11.4. The van der Waals surface area contributed by atoms with Crippen molar-refractivity contribution in [2.75, 3.05) is 0 Å². The van der Waals surface area contributed by atoms with Crippen LogP contribution in [0.4, 0.5) is 0 Å². The van der Waals surface area contributed by atoms with Gasteiger partial charge in [-0.05, 0) is 80.8 Å². The van der Waals surface area contributed by atoms with E-state index in [1.807, 2.05) is 0 Å². The first kappa shape index (κ1) is 49.0. The van der Waals surface area contributed by atoms with Gasteiger partial charge in [0.05, 0.1) is 0 Å². The summed E-state index contributed by atoms with van der Waals surface area (Å²) < 4.78 is 1.45. The molecule has 0 amide bonds. The zero-order valence-electron chi connectivity index (χ0n) is 34.2. The minimum Gasteiger partial charge on any atom is -0.493 e. The van der Waals surface area contributed by atoms with Gasteiger partial charge in [0.25, 0.3) is 0 Å². The number of benzene rings is 2. The molecule has 0 aliphatic carbocycles. The molecule has 0 fully saturated rings. The first-order chi connectivity index (χ1) is 24.4. The summed E-state index contributed by atoms with van der Waals surface area (Å²) in [5.74, 6) is 0. The molecule has 3 rings (SSSR count). The number of unbranched alkanes of at least 4 members (excludes halogenated alkanes) is 16. The van der Waals surface area contributed by atoms with Crippen molar-refractivity contribution < 1.29 is 21.2 Å². The third-order valence-electron chi connectivity index (χ3n) is 9.85. The van der Waals surface area contributed by atoms with Crippen LogP contribution in [0.1, 0.15) is 205 Å². The zero-order chi connectivity index (χ0) is 36.8. The summed E-state index contributed by atoms with van der Waals surface area (Å²) in [4.78, 5) is 0. The second-order valence-corrected chi connectivity index (χ2v) is 14.4. The van der Waals surface area contributed by atoms with Crippen molar-refractivity contribution >= 4 is 11.4 Å². The molecule has 1 heterocycles. The van der Waals surface area contributed by atoms with Crippen LogP contribution in [-0.2, 0) is 29.3 Å². The first-order valence-electron chi connectivity index (χ1n) is 21.1. The van der Waals surface area contributed by atoms with Crippen LogP contribution in [0, 0.1) is 13.8 Å². The number of hydrogen-bond donors (Lipinski definition) is 0. The second kappa shape index (κ2) is 32.6. The number of hydrogen-bond acceptors (Lipinski definition) is 0. The first-order valence-corrected chi connectivity index (χ1v) is 21.1. The van der Waals surface area contributed by atoms with E-state index in [-0.39, 0.29) is 16.5 Å². The molecular weight excluding hydrogens is 663 g/mol. The van der Waals surface area contributed by atoms with Crippen LogP contribution in [0.5, 0.6) is 0 Å². The van der Waals surface area contributed by atoms with Crippen LogP contribution in [0.3, 0.4) is 0 Å². The Kier molecular flexibility index (Phi) is 31.4. The minimum atomic E-state index is 0. The Morgan fingerprint density at radius 1 is 0.451 bits per heavy atom. The Hall–Kier alpha value is -1.99. The average molecular weight is 742 g/mol. The van der Waals surface area contributed by atoms with E-state index in [0.29, 0.717) is 0 Å². The van der Waals surface area contributed by atoms with Gasteiger partial charge in [-0.25, -0.2) is 4.70 Å². The SMILES string of the molecule is CCCCCc1ccc(C2=C(CCCC)C(C)=C(c3ccc(CCCC)cc3)[N+]2=[N-])cc1.[CH2-]CCCCCCCC.[CH2-]CCCCCCCC.[Ni+2]. The van der Waals surface area contributed by atoms with Crippen LogP contribution in [0.2, 0.25) is 0 Å². The molecule has 290 valence electrons. The fourth-order valence-corrected chi connectivity index (χ4v) is 6.55. The van der Waals surface area contributed by atoms with E-state index in [9.17, 15) is 5.53 Å². The summed E-state index contributed by atoms with van der Waals surface area (Å²) in [6, 6.07) is 17.6. The van der Waals surface area contributed by atoms with Gasteiger partial charge in [-0.3, -0.25) is 0 Å². The molecule has 0 saturated carbocycles. The van der Waals surface area contributed by atoms with Crippen molar-refractivity contribution in [3.8, 4) is 0 Å². The van der Waals surface area contributed by atoms with E-state index < -0.39 is 0 Å². The molecule has 0 unspecified atom stereocenters. The summed E-state index contributed by atoms with van der Waals surface area (Å²) >= 11 is 0. The fourth-order valence-electron chi connectivity index (χ4n) is 6.55. The van der Waals surface area contributed by atoms with Crippen molar-refractivity contribution in [2.45, 2.75) is 196 Å². The van der Waals surface area contributed by atoms with Crippen molar-refractivity contribution in [1.82, 2.24) is 0 Å². The topological polar surface area (TPSA) is 25.3 Å². The van der Waals surface area contributed by atoms with E-state index >= 15 is 0 Å². The predicted octanol–water partition coefficient (Wildman–Crippen LogP) is 16.3. The van der Waals surface area contributed by atoms with Crippen LogP contribution in [0.15, 0.2) is 59.7 Å². The molecule has 3 heteroatoms. The summed E-state index contributed by atoms with van der Waals surface area (Å²) in [7, 11) is 0. The van der Waals surface area contributed by atoms with Crippen LogP contribution >= 0.6 is 0 Å². The maximum atomic E-state index is 11.4. The molecule has 0 aromatic heterocycles. The quantitative estimate of drug-likeness (QED) is 0.0443. The van der Waals surface area contributed by atoms with Crippen LogP contribution in [-0.4, -0.2) is 4.70 Å². The molecule has 0 spiro atoms. The molecule has 0 bridgehead atoms. The maximum Gasteiger partial charge on any atom is 2.00 e.